The SMILES string of the molecule is CCCN(Cc1cc(-c2ccc(C)cc2C)on1)S(=O)(=O)c1ccc(C)cc1. The molecule has 0 radical (unpaired) electrons. The molecule has 0 spiro atoms. The Balaban J connectivity index is 1.87. The summed E-state index contributed by atoms with van der Waals surface area (Å²) in [6, 6.07) is 14.9. The Bertz CT molecular complexity index is 1050. The second kappa shape index (κ2) is 8.29. The fourth-order valence-corrected chi connectivity index (χ4v) is 4.68. The molecule has 6 heteroatoms. The number of benzene rings is 2. The predicted octanol–water partition coefficient (Wildman–Crippen LogP) is 4.87. The zero-order chi connectivity index (χ0) is 20.3. The van der Waals surface area contributed by atoms with E-state index in [2.05, 4.69) is 11.2 Å². The summed E-state index contributed by atoms with van der Waals surface area (Å²) >= 11 is 0. The van der Waals surface area contributed by atoms with Crippen LogP contribution in [0.4, 0.5) is 0 Å². The van der Waals surface area contributed by atoms with Crippen LogP contribution in [0.5, 0.6) is 0 Å². The first-order valence-corrected chi connectivity index (χ1v) is 10.9. The summed E-state index contributed by atoms with van der Waals surface area (Å²) in [5.74, 6) is 0.650. The van der Waals surface area contributed by atoms with Crippen LogP contribution in [0, 0.1) is 20.8 Å². The molecule has 2 aromatic carbocycles. The molecule has 0 saturated carbocycles. The second-order valence-electron chi connectivity index (χ2n) is 7.15. The van der Waals surface area contributed by atoms with Crippen LogP contribution in [0.25, 0.3) is 11.3 Å². The van der Waals surface area contributed by atoms with Crippen LogP contribution in [-0.2, 0) is 16.6 Å². The van der Waals surface area contributed by atoms with Crippen molar-refractivity contribution in [1.29, 1.82) is 0 Å². The van der Waals surface area contributed by atoms with Crippen LogP contribution < -0.4 is 0 Å². The van der Waals surface area contributed by atoms with Gasteiger partial charge in [0.25, 0.3) is 0 Å². The molecule has 0 amide bonds. The number of aromatic nitrogens is 1. The van der Waals surface area contributed by atoms with E-state index in [0.29, 0.717) is 29.3 Å². The lowest BCUT2D eigenvalue weighted by Gasteiger charge is -2.20. The third-order valence-corrected chi connectivity index (χ3v) is 6.54. The van der Waals surface area contributed by atoms with Crippen molar-refractivity contribution in [2.45, 2.75) is 45.6 Å². The molecule has 28 heavy (non-hydrogen) atoms. The van der Waals surface area contributed by atoms with Crippen molar-refractivity contribution < 1.29 is 12.9 Å². The van der Waals surface area contributed by atoms with Gasteiger partial charge in [0.15, 0.2) is 5.76 Å². The van der Waals surface area contributed by atoms with Crippen LogP contribution >= 0.6 is 0 Å². The molecule has 0 aliphatic carbocycles. The van der Waals surface area contributed by atoms with Crippen LogP contribution in [0.15, 0.2) is 57.9 Å². The van der Waals surface area contributed by atoms with E-state index in [1.807, 2.05) is 58.0 Å². The van der Waals surface area contributed by atoms with Gasteiger partial charge in [-0.15, -0.1) is 0 Å². The van der Waals surface area contributed by atoms with Crippen molar-refractivity contribution in [1.82, 2.24) is 9.46 Å². The molecule has 0 fully saturated rings. The lowest BCUT2D eigenvalue weighted by Crippen LogP contribution is -2.31. The highest BCUT2D eigenvalue weighted by Crippen LogP contribution is 2.26. The van der Waals surface area contributed by atoms with Crippen molar-refractivity contribution in [3.63, 3.8) is 0 Å². The lowest BCUT2D eigenvalue weighted by molar-refractivity contribution is 0.375. The zero-order valence-corrected chi connectivity index (χ0v) is 17.6. The molecule has 0 saturated heterocycles. The summed E-state index contributed by atoms with van der Waals surface area (Å²) in [6.45, 7) is 8.56. The topological polar surface area (TPSA) is 63.4 Å². The van der Waals surface area contributed by atoms with E-state index in [-0.39, 0.29) is 6.54 Å². The molecule has 0 atom stereocenters. The Morgan fingerprint density at radius 3 is 2.29 bits per heavy atom. The Kier molecular flexibility index (Phi) is 6.01. The summed E-state index contributed by atoms with van der Waals surface area (Å²) in [4.78, 5) is 0.296. The normalized spacial score (nSPS) is 11.9. The summed E-state index contributed by atoms with van der Waals surface area (Å²) in [6.07, 6.45) is 0.715. The average Bonchev–Trinajstić information content (AvgIpc) is 3.10. The minimum Gasteiger partial charge on any atom is -0.356 e. The predicted molar refractivity (Wildman–Crippen MR) is 110 cm³/mol. The van der Waals surface area contributed by atoms with E-state index in [0.717, 1.165) is 16.7 Å². The minimum atomic E-state index is -3.60. The largest absolute Gasteiger partial charge is 0.356 e. The van der Waals surface area contributed by atoms with E-state index in [4.69, 9.17) is 4.52 Å². The standard InChI is InChI=1S/C22H26N2O3S/c1-5-12-24(28(25,26)20-9-6-16(2)7-10-20)15-19-14-22(27-23-19)21-11-8-17(3)13-18(21)4/h6-11,13-14H,5,12,15H2,1-4H3. The molecule has 3 rings (SSSR count). The van der Waals surface area contributed by atoms with Gasteiger partial charge in [-0.05, 0) is 44.9 Å². The van der Waals surface area contributed by atoms with Gasteiger partial charge in [-0.3, -0.25) is 0 Å². The Labute approximate surface area is 167 Å². The van der Waals surface area contributed by atoms with Crippen LogP contribution in [0.3, 0.4) is 0 Å². The van der Waals surface area contributed by atoms with Gasteiger partial charge < -0.3 is 4.52 Å². The van der Waals surface area contributed by atoms with Crippen LogP contribution in [0.1, 0.15) is 35.7 Å². The van der Waals surface area contributed by atoms with Gasteiger partial charge in [0, 0.05) is 18.2 Å². The van der Waals surface area contributed by atoms with Gasteiger partial charge in [-0.1, -0.05) is 53.5 Å². The van der Waals surface area contributed by atoms with Crippen LogP contribution in [0.2, 0.25) is 0 Å². The van der Waals surface area contributed by atoms with E-state index in [1.54, 1.807) is 12.1 Å². The first kappa shape index (κ1) is 20.3. The smallest absolute Gasteiger partial charge is 0.243 e. The van der Waals surface area contributed by atoms with Crippen LogP contribution in [-0.4, -0.2) is 24.4 Å². The second-order valence-corrected chi connectivity index (χ2v) is 9.09. The molecule has 0 aliphatic rings. The minimum absolute atomic E-state index is 0.179. The zero-order valence-electron chi connectivity index (χ0n) is 16.8. The van der Waals surface area contributed by atoms with Gasteiger partial charge in [0.1, 0.15) is 0 Å². The fourth-order valence-electron chi connectivity index (χ4n) is 3.18. The van der Waals surface area contributed by atoms with Gasteiger partial charge in [0.2, 0.25) is 10.0 Å². The quantitative estimate of drug-likeness (QED) is 0.570. The van der Waals surface area contributed by atoms with Crippen molar-refractivity contribution in [3.8, 4) is 11.3 Å². The highest BCUT2D eigenvalue weighted by molar-refractivity contribution is 7.89. The average molecular weight is 399 g/mol. The molecule has 1 heterocycles. The molecule has 0 aliphatic heterocycles. The first-order chi connectivity index (χ1) is 13.3. The van der Waals surface area contributed by atoms with Gasteiger partial charge >= 0.3 is 0 Å². The Hall–Kier alpha value is -2.44. The molecule has 1 aromatic heterocycles. The number of hydrogen-bond acceptors (Lipinski definition) is 4. The Morgan fingerprint density at radius 2 is 1.64 bits per heavy atom. The molecular weight excluding hydrogens is 372 g/mol. The van der Waals surface area contributed by atoms with Crippen molar-refractivity contribution in [2.24, 2.45) is 0 Å². The summed E-state index contributed by atoms with van der Waals surface area (Å²) < 4.78 is 33.1. The van der Waals surface area contributed by atoms with E-state index >= 15 is 0 Å². The molecule has 3 aromatic rings. The number of hydrogen-bond donors (Lipinski definition) is 0. The third kappa shape index (κ3) is 4.34. The highest BCUT2D eigenvalue weighted by Gasteiger charge is 2.25. The van der Waals surface area contributed by atoms with Gasteiger partial charge in [-0.2, -0.15) is 4.31 Å². The first-order valence-electron chi connectivity index (χ1n) is 9.41. The maximum atomic E-state index is 13.1. The van der Waals surface area contributed by atoms with Gasteiger partial charge in [0.05, 0.1) is 17.1 Å². The van der Waals surface area contributed by atoms with Crippen molar-refractivity contribution in [3.05, 3.63) is 70.9 Å². The summed E-state index contributed by atoms with van der Waals surface area (Å²) in [5.41, 5.74) is 4.86. The molecule has 0 N–H and O–H groups in total. The van der Waals surface area contributed by atoms with E-state index in [1.165, 1.54) is 9.87 Å². The molecular formula is C22H26N2O3S. The summed E-state index contributed by atoms with van der Waals surface area (Å²) in [7, 11) is -3.60. The molecule has 5 nitrogen and oxygen atoms in total. The number of rotatable bonds is 7. The molecule has 0 unspecified atom stereocenters. The van der Waals surface area contributed by atoms with Crippen molar-refractivity contribution in [2.75, 3.05) is 6.54 Å². The molecule has 0 bridgehead atoms. The highest BCUT2D eigenvalue weighted by atomic mass is 32.2. The third-order valence-electron chi connectivity index (χ3n) is 4.68. The number of sulfonamides is 1. The maximum absolute atomic E-state index is 13.1. The maximum Gasteiger partial charge on any atom is 0.243 e. The number of nitrogens with zero attached hydrogens (tertiary/aromatic N) is 2. The number of aryl methyl sites for hydroxylation is 3. The Morgan fingerprint density at radius 1 is 0.964 bits per heavy atom. The lowest BCUT2D eigenvalue weighted by atomic mass is 10.0. The van der Waals surface area contributed by atoms with Crippen molar-refractivity contribution >= 4 is 10.0 Å². The molecule has 148 valence electrons. The van der Waals surface area contributed by atoms with E-state index in [9.17, 15) is 8.42 Å². The van der Waals surface area contributed by atoms with E-state index < -0.39 is 10.0 Å². The summed E-state index contributed by atoms with van der Waals surface area (Å²) in [5, 5.41) is 4.12. The monoisotopic (exact) mass is 398 g/mol. The van der Waals surface area contributed by atoms with Gasteiger partial charge in [-0.25, -0.2) is 8.42 Å². The fraction of sp³-hybridized carbons (Fsp3) is 0.318.